The Bertz CT molecular complexity index is 1240. The fourth-order valence-electron chi connectivity index (χ4n) is 4.18. The van der Waals surface area contributed by atoms with Gasteiger partial charge in [-0.05, 0) is 36.6 Å². The second kappa shape index (κ2) is 9.21. The standard InChI is InChI=1S/C23H23ClFN5O3/c24-16-9-13(5-7-17(16)25)6-8-21(31)20-10-14(26)11-30(20)23(33)28-18-12-29(22(27)32)19-4-2-1-3-15(18)19/h1-5,7,9,12,14,20H,6,8,10-11,26H2,(H2,27,32)(H,28,33)/t14-,20-/m0/s1. The van der Waals surface area contributed by atoms with Crippen LogP contribution in [0, 0.1) is 5.82 Å². The molecule has 33 heavy (non-hydrogen) atoms. The van der Waals surface area contributed by atoms with E-state index in [1.807, 2.05) is 0 Å². The molecule has 0 aliphatic carbocycles. The van der Waals surface area contributed by atoms with Crippen LogP contribution in [-0.2, 0) is 11.2 Å². The Hall–Kier alpha value is -3.43. The quantitative estimate of drug-likeness (QED) is 0.526. The summed E-state index contributed by atoms with van der Waals surface area (Å²) in [4.78, 5) is 39.2. The summed E-state index contributed by atoms with van der Waals surface area (Å²) >= 11 is 5.81. The summed E-state index contributed by atoms with van der Waals surface area (Å²) in [7, 11) is 0. The number of Topliss-reactive ketones (excluding diaryl/α,β-unsaturated/α-hetero) is 1. The second-order valence-electron chi connectivity index (χ2n) is 8.08. The van der Waals surface area contributed by atoms with Gasteiger partial charge in [-0.25, -0.2) is 14.0 Å². The third kappa shape index (κ3) is 4.69. The Labute approximate surface area is 194 Å². The molecule has 3 aromatic rings. The van der Waals surface area contributed by atoms with Gasteiger partial charge < -0.3 is 21.7 Å². The van der Waals surface area contributed by atoms with Gasteiger partial charge >= 0.3 is 12.1 Å². The fraction of sp³-hybridized carbons (Fsp3) is 0.261. The first-order valence-electron chi connectivity index (χ1n) is 10.4. The van der Waals surface area contributed by atoms with Gasteiger partial charge in [-0.1, -0.05) is 35.9 Å². The molecular weight excluding hydrogens is 449 g/mol. The van der Waals surface area contributed by atoms with Crippen LogP contribution in [0.3, 0.4) is 0 Å². The molecule has 1 fully saturated rings. The summed E-state index contributed by atoms with van der Waals surface area (Å²) < 4.78 is 14.6. The molecule has 3 amide bonds. The van der Waals surface area contributed by atoms with E-state index in [0.717, 1.165) is 5.56 Å². The molecule has 5 N–H and O–H groups in total. The number of fused-ring (bicyclic) bond motifs is 1. The van der Waals surface area contributed by atoms with E-state index in [1.165, 1.54) is 27.8 Å². The minimum absolute atomic E-state index is 0.000957. The Kier molecular flexibility index (Phi) is 6.35. The maximum Gasteiger partial charge on any atom is 0.323 e. The highest BCUT2D eigenvalue weighted by Gasteiger charge is 2.38. The van der Waals surface area contributed by atoms with Crippen molar-refractivity contribution in [2.75, 3.05) is 11.9 Å². The van der Waals surface area contributed by atoms with Crippen LogP contribution in [0.1, 0.15) is 18.4 Å². The molecule has 0 saturated carbocycles. The number of carbonyl (C=O) groups excluding carboxylic acids is 3. The van der Waals surface area contributed by atoms with E-state index >= 15 is 0 Å². The van der Waals surface area contributed by atoms with Gasteiger partial charge in [0.1, 0.15) is 5.82 Å². The molecular formula is C23H23ClFN5O3. The zero-order valence-electron chi connectivity index (χ0n) is 17.6. The largest absolute Gasteiger partial charge is 0.351 e. The number of rotatable bonds is 5. The molecule has 1 saturated heterocycles. The van der Waals surface area contributed by atoms with Crippen LogP contribution in [0.25, 0.3) is 10.9 Å². The normalized spacial score (nSPS) is 18.0. The summed E-state index contributed by atoms with van der Waals surface area (Å²) in [5.74, 6) is -0.660. The zero-order valence-corrected chi connectivity index (χ0v) is 18.4. The molecule has 8 nitrogen and oxygen atoms in total. The van der Waals surface area contributed by atoms with Gasteiger partial charge in [0.15, 0.2) is 5.78 Å². The summed E-state index contributed by atoms with van der Waals surface area (Å²) in [5.41, 5.74) is 13.2. The lowest BCUT2D eigenvalue weighted by atomic mass is 10.0. The van der Waals surface area contributed by atoms with Crippen molar-refractivity contribution in [2.45, 2.75) is 31.3 Å². The van der Waals surface area contributed by atoms with Gasteiger partial charge in [0.2, 0.25) is 0 Å². The van der Waals surface area contributed by atoms with Crippen LogP contribution in [0.4, 0.5) is 19.7 Å². The lowest BCUT2D eigenvalue weighted by Crippen LogP contribution is -2.43. The van der Waals surface area contributed by atoms with E-state index in [2.05, 4.69) is 5.32 Å². The first-order chi connectivity index (χ1) is 15.7. The van der Waals surface area contributed by atoms with E-state index in [0.29, 0.717) is 29.4 Å². The predicted octanol–water partition coefficient (Wildman–Crippen LogP) is 3.50. The van der Waals surface area contributed by atoms with Gasteiger partial charge in [-0.2, -0.15) is 0 Å². The van der Waals surface area contributed by atoms with E-state index in [4.69, 9.17) is 23.1 Å². The molecule has 4 rings (SSSR count). The Morgan fingerprint density at radius 2 is 1.94 bits per heavy atom. The average molecular weight is 472 g/mol. The maximum absolute atomic E-state index is 13.4. The number of hydrogen-bond donors (Lipinski definition) is 3. The number of amides is 3. The molecule has 172 valence electrons. The van der Waals surface area contributed by atoms with Crippen LogP contribution < -0.4 is 16.8 Å². The minimum Gasteiger partial charge on any atom is -0.351 e. The van der Waals surface area contributed by atoms with Gasteiger partial charge in [0, 0.05) is 30.6 Å². The number of nitrogens with zero attached hydrogens (tertiary/aromatic N) is 2. The fourth-order valence-corrected chi connectivity index (χ4v) is 4.38. The number of hydrogen-bond acceptors (Lipinski definition) is 4. The number of nitrogens with two attached hydrogens (primary N) is 2. The van der Waals surface area contributed by atoms with Crippen molar-refractivity contribution < 1.29 is 18.8 Å². The molecule has 0 bridgehead atoms. The van der Waals surface area contributed by atoms with E-state index in [1.54, 1.807) is 30.3 Å². The summed E-state index contributed by atoms with van der Waals surface area (Å²) in [6, 6.07) is 9.16. The van der Waals surface area contributed by atoms with Gasteiger partial charge in [-0.3, -0.25) is 9.36 Å². The molecule has 2 aromatic carbocycles. The van der Waals surface area contributed by atoms with Gasteiger partial charge in [0.05, 0.1) is 22.3 Å². The Balaban J connectivity index is 1.49. The first-order valence-corrected chi connectivity index (χ1v) is 10.8. The number of para-hydroxylation sites is 1. The van der Waals surface area contributed by atoms with Crippen molar-refractivity contribution in [1.29, 1.82) is 0 Å². The lowest BCUT2D eigenvalue weighted by molar-refractivity contribution is -0.122. The number of halogens is 2. The lowest BCUT2D eigenvalue weighted by Gasteiger charge is -2.23. The number of anilines is 1. The highest BCUT2D eigenvalue weighted by molar-refractivity contribution is 6.30. The van der Waals surface area contributed by atoms with E-state index in [9.17, 15) is 18.8 Å². The zero-order chi connectivity index (χ0) is 23.7. The molecule has 0 spiro atoms. The number of urea groups is 1. The minimum atomic E-state index is -0.680. The molecule has 0 unspecified atom stereocenters. The topological polar surface area (TPSA) is 123 Å². The van der Waals surface area contributed by atoms with Crippen molar-refractivity contribution in [3.8, 4) is 0 Å². The molecule has 10 heteroatoms. The van der Waals surface area contributed by atoms with E-state index < -0.39 is 23.9 Å². The van der Waals surface area contributed by atoms with Crippen LogP contribution >= 0.6 is 11.6 Å². The van der Waals surface area contributed by atoms with Gasteiger partial charge in [-0.15, -0.1) is 0 Å². The number of carbonyl (C=O) groups is 3. The molecule has 2 heterocycles. The summed E-state index contributed by atoms with van der Waals surface area (Å²) in [6.07, 6.45) is 2.33. The number of benzene rings is 2. The smallest absolute Gasteiger partial charge is 0.323 e. The second-order valence-corrected chi connectivity index (χ2v) is 8.48. The van der Waals surface area contributed by atoms with E-state index in [-0.39, 0.29) is 29.8 Å². The highest BCUT2D eigenvalue weighted by Crippen LogP contribution is 2.27. The van der Waals surface area contributed by atoms with Crippen LogP contribution in [0.2, 0.25) is 5.02 Å². The van der Waals surface area contributed by atoms with Crippen molar-refractivity contribution in [3.63, 3.8) is 0 Å². The monoisotopic (exact) mass is 471 g/mol. The molecule has 1 aromatic heterocycles. The molecule has 0 radical (unpaired) electrons. The number of likely N-dealkylation sites (tertiary alicyclic amines) is 1. The van der Waals surface area contributed by atoms with Crippen LogP contribution in [0.5, 0.6) is 0 Å². The number of aryl methyl sites for hydroxylation is 1. The number of nitrogens with one attached hydrogen (secondary N) is 1. The maximum atomic E-state index is 13.4. The SMILES string of the molecule is NC(=O)n1cc(NC(=O)N2C[C@@H](N)C[C@H]2C(=O)CCc2ccc(F)c(Cl)c2)c2ccccc21. The molecule has 1 aliphatic heterocycles. The first kappa shape index (κ1) is 22.8. The molecule has 1 aliphatic rings. The van der Waals surface area contributed by atoms with Crippen LogP contribution in [-0.4, -0.2) is 45.9 Å². The summed E-state index contributed by atoms with van der Waals surface area (Å²) in [5, 5.41) is 3.43. The third-order valence-electron chi connectivity index (χ3n) is 5.80. The van der Waals surface area contributed by atoms with Crippen LogP contribution in [0.15, 0.2) is 48.7 Å². The molecule has 2 atom stereocenters. The third-order valence-corrected chi connectivity index (χ3v) is 6.09. The predicted molar refractivity (Wildman–Crippen MR) is 124 cm³/mol. The van der Waals surface area contributed by atoms with Crippen molar-refractivity contribution in [2.24, 2.45) is 11.5 Å². The summed E-state index contributed by atoms with van der Waals surface area (Å²) in [6.45, 7) is 0.221. The highest BCUT2D eigenvalue weighted by atomic mass is 35.5. The van der Waals surface area contributed by atoms with Gasteiger partial charge in [0.25, 0.3) is 0 Å². The van der Waals surface area contributed by atoms with Crippen molar-refractivity contribution in [1.82, 2.24) is 9.47 Å². The van der Waals surface area contributed by atoms with Crippen molar-refractivity contribution >= 4 is 46.0 Å². The Morgan fingerprint density at radius 1 is 1.18 bits per heavy atom. The number of primary amides is 1. The number of aromatic nitrogens is 1. The average Bonchev–Trinajstić information content (AvgIpc) is 3.35. The number of ketones is 1. The Morgan fingerprint density at radius 3 is 2.67 bits per heavy atom. The van der Waals surface area contributed by atoms with Crippen molar-refractivity contribution in [3.05, 3.63) is 65.1 Å².